The van der Waals surface area contributed by atoms with Crippen molar-refractivity contribution >= 4 is 43.4 Å². The lowest BCUT2D eigenvalue weighted by molar-refractivity contribution is 0.0183. The third kappa shape index (κ3) is 3.64. The Labute approximate surface area is 152 Å². The largest absolute Gasteiger partial charge is 0.444 e. The molecule has 1 saturated heterocycles. The van der Waals surface area contributed by atoms with Gasteiger partial charge in [-0.05, 0) is 55.6 Å². The number of fused-ring (bicyclic) bond motifs is 1. The van der Waals surface area contributed by atoms with E-state index in [1.54, 1.807) is 15.8 Å². The zero-order valence-corrected chi connectivity index (χ0v) is 16.3. The fourth-order valence-corrected chi connectivity index (χ4v) is 4.32. The van der Waals surface area contributed by atoms with Gasteiger partial charge in [-0.25, -0.2) is 9.48 Å². The fourth-order valence-electron chi connectivity index (χ4n) is 2.80. The van der Waals surface area contributed by atoms with E-state index < -0.39 is 5.60 Å². The van der Waals surface area contributed by atoms with E-state index in [1.165, 1.54) is 11.3 Å². The average Bonchev–Trinajstić information content (AvgIpc) is 2.88. The Kier molecular flexibility index (Phi) is 4.70. The molecule has 3 rings (SSSR count). The number of likely N-dealkylation sites (tertiary alicyclic amines) is 1. The summed E-state index contributed by atoms with van der Waals surface area (Å²) in [7, 11) is 0. The molecule has 24 heavy (non-hydrogen) atoms. The molecule has 0 aromatic carbocycles. The summed E-state index contributed by atoms with van der Waals surface area (Å²) >= 11 is 4.84. The van der Waals surface area contributed by atoms with Crippen LogP contribution in [0, 0.1) is 0 Å². The van der Waals surface area contributed by atoms with Crippen molar-refractivity contribution in [2.24, 2.45) is 0 Å². The molecule has 1 aliphatic rings. The summed E-state index contributed by atoms with van der Waals surface area (Å²) in [4.78, 5) is 26.4. The lowest BCUT2D eigenvalue weighted by Gasteiger charge is -2.33. The van der Waals surface area contributed by atoms with E-state index >= 15 is 0 Å². The molecule has 0 aliphatic carbocycles. The second-order valence-electron chi connectivity index (χ2n) is 6.93. The van der Waals surface area contributed by atoms with Crippen LogP contribution in [0.15, 0.2) is 20.8 Å². The van der Waals surface area contributed by atoms with Crippen LogP contribution in [0.5, 0.6) is 0 Å². The first kappa shape index (κ1) is 17.4. The average molecular weight is 414 g/mol. The molecule has 2 aromatic rings. The standard InChI is InChI=1S/C16H20BrN3O3S/c1-16(2,3)23-15(22)19-6-4-11(5-7-19)20-14(21)13-10(9-18-20)8-12(17)24-13/h8-9,11H,4-7H2,1-3H3. The van der Waals surface area contributed by atoms with Crippen molar-refractivity contribution in [3.63, 3.8) is 0 Å². The van der Waals surface area contributed by atoms with Gasteiger partial charge in [-0.15, -0.1) is 11.3 Å². The number of hydrogen-bond acceptors (Lipinski definition) is 5. The molecule has 0 N–H and O–H groups in total. The van der Waals surface area contributed by atoms with Crippen molar-refractivity contribution in [1.82, 2.24) is 14.7 Å². The van der Waals surface area contributed by atoms with Crippen LogP contribution in [-0.4, -0.2) is 39.5 Å². The number of halogens is 1. The maximum Gasteiger partial charge on any atom is 0.410 e. The van der Waals surface area contributed by atoms with E-state index in [2.05, 4.69) is 21.0 Å². The topological polar surface area (TPSA) is 64.4 Å². The molecular formula is C16H20BrN3O3S. The molecule has 0 saturated carbocycles. The Morgan fingerprint density at radius 2 is 2.04 bits per heavy atom. The number of carbonyl (C=O) groups excluding carboxylic acids is 1. The predicted molar refractivity (Wildman–Crippen MR) is 97.7 cm³/mol. The molecule has 0 atom stereocenters. The molecule has 0 bridgehead atoms. The van der Waals surface area contributed by atoms with Crippen LogP contribution in [0.4, 0.5) is 4.79 Å². The zero-order valence-electron chi connectivity index (χ0n) is 13.9. The molecule has 3 heterocycles. The van der Waals surface area contributed by atoms with Crippen LogP contribution >= 0.6 is 27.3 Å². The van der Waals surface area contributed by atoms with E-state index in [1.807, 2.05) is 26.8 Å². The quantitative estimate of drug-likeness (QED) is 0.712. The number of piperidine rings is 1. The number of aromatic nitrogens is 2. The summed E-state index contributed by atoms with van der Waals surface area (Å²) < 4.78 is 8.61. The van der Waals surface area contributed by atoms with Gasteiger partial charge < -0.3 is 9.64 Å². The highest BCUT2D eigenvalue weighted by Gasteiger charge is 2.28. The molecule has 1 aliphatic heterocycles. The Hall–Kier alpha value is -1.41. The highest BCUT2D eigenvalue weighted by atomic mass is 79.9. The SMILES string of the molecule is CC(C)(C)OC(=O)N1CCC(n2ncc3cc(Br)sc3c2=O)CC1. The van der Waals surface area contributed by atoms with E-state index in [-0.39, 0.29) is 17.7 Å². The van der Waals surface area contributed by atoms with Crippen molar-refractivity contribution in [3.05, 3.63) is 26.4 Å². The van der Waals surface area contributed by atoms with Gasteiger partial charge in [-0.3, -0.25) is 4.79 Å². The van der Waals surface area contributed by atoms with Gasteiger partial charge in [-0.1, -0.05) is 0 Å². The molecule has 0 spiro atoms. The summed E-state index contributed by atoms with van der Waals surface area (Å²) in [6.07, 6.45) is 2.84. The minimum absolute atomic E-state index is 0.0152. The number of carbonyl (C=O) groups is 1. The highest BCUT2D eigenvalue weighted by molar-refractivity contribution is 9.11. The molecule has 1 fully saturated rings. The van der Waals surface area contributed by atoms with Crippen molar-refractivity contribution in [2.75, 3.05) is 13.1 Å². The van der Waals surface area contributed by atoms with Crippen molar-refractivity contribution in [3.8, 4) is 0 Å². The molecule has 8 heteroatoms. The van der Waals surface area contributed by atoms with Gasteiger partial charge in [0.05, 0.1) is 16.0 Å². The third-order valence-corrected chi connectivity index (χ3v) is 5.56. The number of ether oxygens (including phenoxy) is 1. The Morgan fingerprint density at radius 3 is 2.67 bits per heavy atom. The minimum atomic E-state index is -0.496. The van der Waals surface area contributed by atoms with Crippen LogP contribution in [0.3, 0.4) is 0 Å². The second kappa shape index (κ2) is 6.48. The van der Waals surface area contributed by atoms with E-state index in [0.29, 0.717) is 30.6 Å². The molecule has 1 amide bonds. The van der Waals surface area contributed by atoms with Gasteiger partial charge >= 0.3 is 6.09 Å². The van der Waals surface area contributed by atoms with Crippen LogP contribution in [0.25, 0.3) is 10.1 Å². The van der Waals surface area contributed by atoms with Gasteiger partial charge in [0.1, 0.15) is 10.3 Å². The number of nitrogens with zero attached hydrogens (tertiary/aromatic N) is 3. The van der Waals surface area contributed by atoms with E-state index in [4.69, 9.17) is 4.74 Å². The monoisotopic (exact) mass is 413 g/mol. The van der Waals surface area contributed by atoms with Gasteiger partial charge in [0.25, 0.3) is 5.56 Å². The van der Waals surface area contributed by atoms with Gasteiger partial charge in [0.2, 0.25) is 0 Å². The summed E-state index contributed by atoms with van der Waals surface area (Å²) in [5.41, 5.74) is -0.553. The smallest absolute Gasteiger partial charge is 0.410 e. The first-order chi connectivity index (χ1) is 11.2. The van der Waals surface area contributed by atoms with Crippen LogP contribution in [-0.2, 0) is 4.74 Å². The van der Waals surface area contributed by atoms with Crippen molar-refractivity contribution in [2.45, 2.75) is 45.3 Å². The first-order valence-corrected chi connectivity index (χ1v) is 9.50. The van der Waals surface area contributed by atoms with E-state index in [0.717, 1.165) is 9.17 Å². The summed E-state index contributed by atoms with van der Waals surface area (Å²) in [5, 5.41) is 5.19. The molecule has 0 radical (unpaired) electrons. The number of amides is 1. The molecule has 130 valence electrons. The van der Waals surface area contributed by atoms with Crippen molar-refractivity contribution < 1.29 is 9.53 Å². The summed E-state index contributed by atoms with van der Waals surface area (Å²) in [6.45, 7) is 6.71. The predicted octanol–water partition coefficient (Wildman–Crippen LogP) is 3.79. The first-order valence-electron chi connectivity index (χ1n) is 7.89. The lowest BCUT2D eigenvalue weighted by Crippen LogP contribution is -2.43. The van der Waals surface area contributed by atoms with Gasteiger partial charge in [0.15, 0.2) is 0 Å². The third-order valence-electron chi connectivity index (χ3n) is 3.92. The fraction of sp³-hybridized carbons (Fsp3) is 0.562. The normalized spacial score (nSPS) is 16.6. The Bertz CT molecular complexity index is 816. The van der Waals surface area contributed by atoms with Gasteiger partial charge in [0, 0.05) is 18.5 Å². The zero-order chi connectivity index (χ0) is 17.5. The maximum absolute atomic E-state index is 12.6. The van der Waals surface area contributed by atoms with Crippen LogP contribution in [0.1, 0.15) is 39.7 Å². The molecular weight excluding hydrogens is 394 g/mol. The molecule has 0 unspecified atom stereocenters. The van der Waals surface area contributed by atoms with Crippen molar-refractivity contribution in [1.29, 1.82) is 0 Å². The second-order valence-corrected chi connectivity index (χ2v) is 9.36. The minimum Gasteiger partial charge on any atom is -0.444 e. The molecule has 2 aromatic heterocycles. The van der Waals surface area contributed by atoms with Crippen LogP contribution in [0.2, 0.25) is 0 Å². The Morgan fingerprint density at radius 1 is 1.38 bits per heavy atom. The number of hydrogen-bond donors (Lipinski definition) is 0. The lowest BCUT2D eigenvalue weighted by atomic mass is 10.1. The van der Waals surface area contributed by atoms with E-state index in [9.17, 15) is 9.59 Å². The highest BCUT2D eigenvalue weighted by Crippen LogP contribution is 2.28. The molecule has 6 nitrogen and oxygen atoms in total. The Balaban J connectivity index is 1.72. The number of rotatable bonds is 1. The number of thiophene rings is 1. The maximum atomic E-state index is 12.6. The van der Waals surface area contributed by atoms with Gasteiger partial charge in [-0.2, -0.15) is 5.10 Å². The summed E-state index contributed by atoms with van der Waals surface area (Å²) in [5.74, 6) is 0. The van der Waals surface area contributed by atoms with Crippen LogP contribution < -0.4 is 5.56 Å². The summed E-state index contributed by atoms with van der Waals surface area (Å²) in [6, 6.07) is 1.92.